The number of sulfonamides is 1. The minimum atomic E-state index is -3.38. The van der Waals surface area contributed by atoms with Crippen LogP contribution in [0.3, 0.4) is 0 Å². The predicted molar refractivity (Wildman–Crippen MR) is 68.6 cm³/mol. The maximum absolute atomic E-state index is 11.7. The fourth-order valence-corrected chi connectivity index (χ4v) is 3.33. The molecule has 0 amide bonds. The van der Waals surface area contributed by atoms with E-state index in [-0.39, 0.29) is 13.2 Å². The molecule has 0 fully saturated rings. The number of halogens is 1. The van der Waals surface area contributed by atoms with Crippen molar-refractivity contribution >= 4 is 26.0 Å². The summed E-state index contributed by atoms with van der Waals surface area (Å²) in [7, 11) is -3.38. The molecule has 1 N–H and O–H groups in total. The van der Waals surface area contributed by atoms with Gasteiger partial charge in [-0.3, -0.25) is 0 Å². The van der Waals surface area contributed by atoms with E-state index in [4.69, 9.17) is 5.11 Å². The summed E-state index contributed by atoms with van der Waals surface area (Å²) in [5, 5.41) is 10.3. The maximum Gasteiger partial charge on any atom is 0.236 e. The van der Waals surface area contributed by atoms with E-state index in [9.17, 15) is 8.42 Å². The summed E-state index contributed by atoms with van der Waals surface area (Å²) in [4.78, 5) is 0. The lowest BCUT2D eigenvalue weighted by atomic mass is 10.2. The van der Waals surface area contributed by atoms with Crippen LogP contribution in [0.15, 0.2) is 40.2 Å². The number of hydrogen-bond acceptors (Lipinski definition) is 3. The molecule has 1 aliphatic rings. The third-order valence-electron chi connectivity index (χ3n) is 2.61. The molecule has 0 saturated heterocycles. The molecule has 92 valence electrons. The largest absolute Gasteiger partial charge is 0.394 e. The average molecular weight is 318 g/mol. The zero-order chi connectivity index (χ0) is 12.5. The van der Waals surface area contributed by atoms with Crippen molar-refractivity contribution in [2.24, 2.45) is 0 Å². The predicted octanol–water partition coefficient (Wildman–Crippen LogP) is 1.47. The lowest BCUT2D eigenvalue weighted by molar-refractivity contribution is 0.216. The smallest absolute Gasteiger partial charge is 0.236 e. The third-order valence-corrected chi connectivity index (χ3v) is 4.69. The summed E-state index contributed by atoms with van der Waals surface area (Å²) in [6.07, 6.45) is 1.51. The van der Waals surface area contributed by atoms with Crippen LogP contribution in [0.5, 0.6) is 0 Å². The summed E-state index contributed by atoms with van der Waals surface area (Å²) in [5.41, 5.74) is 0.888. The summed E-state index contributed by atoms with van der Waals surface area (Å²) in [6.45, 7) is 0.0695. The number of aliphatic hydroxyl groups excluding tert-OH is 1. The van der Waals surface area contributed by atoms with Crippen molar-refractivity contribution in [3.8, 4) is 0 Å². The van der Waals surface area contributed by atoms with Gasteiger partial charge in [-0.05, 0) is 17.7 Å². The Balaban J connectivity index is 2.20. The van der Waals surface area contributed by atoms with Crippen LogP contribution in [-0.4, -0.2) is 30.5 Å². The summed E-state index contributed by atoms with van der Waals surface area (Å²) < 4.78 is 25.7. The summed E-state index contributed by atoms with van der Waals surface area (Å²) in [5.74, 6) is 0. The van der Waals surface area contributed by atoms with E-state index < -0.39 is 16.1 Å². The molecule has 6 heteroatoms. The molecule has 1 aromatic rings. The monoisotopic (exact) mass is 317 g/mol. The molecule has 0 unspecified atom stereocenters. The zero-order valence-corrected chi connectivity index (χ0v) is 11.4. The van der Waals surface area contributed by atoms with E-state index in [1.54, 1.807) is 0 Å². The molecule has 1 aliphatic heterocycles. The molecule has 1 atom stereocenters. The molecular weight excluding hydrogens is 306 g/mol. The Kier molecular flexibility index (Phi) is 3.67. The third kappa shape index (κ3) is 2.77. The standard InChI is InChI=1S/C11H12BrNO3S/c12-10-3-1-9(2-4-10)7-13-11(8-14)5-6-17(13,15)16/h1-6,11,14H,7-8H2/t11-/m0/s1. The first-order chi connectivity index (χ1) is 8.03. The van der Waals surface area contributed by atoms with E-state index in [0.29, 0.717) is 0 Å². The minimum absolute atomic E-state index is 0.202. The number of aliphatic hydroxyl groups is 1. The highest BCUT2D eigenvalue weighted by Crippen LogP contribution is 2.22. The van der Waals surface area contributed by atoms with Gasteiger partial charge in [-0.15, -0.1) is 0 Å². The van der Waals surface area contributed by atoms with Gasteiger partial charge in [-0.2, -0.15) is 4.31 Å². The summed E-state index contributed by atoms with van der Waals surface area (Å²) >= 11 is 3.32. The second-order valence-electron chi connectivity index (χ2n) is 3.80. The van der Waals surface area contributed by atoms with Crippen LogP contribution in [0.2, 0.25) is 0 Å². The highest BCUT2D eigenvalue weighted by atomic mass is 79.9. The number of rotatable bonds is 3. The lowest BCUT2D eigenvalue weighted by Gasteiger charge is -2.21. The van der Waals surface area contributed by atoms with Crippen molar-refractivity contribution in [3.63, 3.8) is 0 Å². The van der Waals surface area contributed by atoms with Crippen LogP contribution in [0.4, 0.5) is 0 Å². The van der Waals surface area contributed by atoms with Gasteiger partial charge in [-0.1, -0.05) is 34.1 Å². The second kappa shape index (κ2) is 4.89. The fraction of sp³-hybridized carbons (Fsp3) is 0.273. The zero-order valence-electron chi connectivity index (χ0n) is 8.95. The second-order valence-corrected chi connectivity index (χ2v) is 6.48. The molecule has 0 radical (unpaired) electrons. The van der Waals surface area contributed by atoms with Crippen molar-refractivity contribution in [1.82, 2.24) is 4.31 Å². The first-order valence-electron chi connectivity index (χ1n) is 5.08. The lowest BCUT2D eigenvalue weighted by Crippen LogP contribution is -2.35. The Labute approximate surface area is 109 Å². The Morgan fingerprint density at radius 3 is 2.53 bits per heavy atom. The Hall–Kier alpha value is -0.690. The number of hydrogen-bond donors (Lipinski definition) is 1. The molecule has 0 saturated carbocycles. The molecule has 17 heavy (non-hydrogen) atoms. The Morgan fingerprint density at radius 1 is 1.29 bits per heavy atom. The first kappa shape index (κ1) is 12.8. The van der Waals surface area contributed by atoms with Gasteiger partial charge in [0.1, 0.15) is 0 Å². The van der Waals surface area contributed by atoms with Gasteiger partial charge in [0.2, 0.25) is 10.0 Å². The van der Waals surface area contributed by atoms with E-state index in [2.05, 4.69) is 15.9 Å². The van der Waals surface area contributed by atoms with Crippen LogP contribution >= 0.6 is 15.9 Å². The van der Waals surface area contributed by atoms with Crippen LogP contribution in [0.1, 0.15) is 5.56 Å². The van der Waals surface area contributed by atoms with Crippen LogP contribution in [-0.2, 0) is 16.6 Å². The molecule has 0 aromatic heterocycles. The number of benzene rings is 1. The van der Waals surface area contributed by atoms with Gasteiger partial charge < -0.3 is 5.11 Å². The van der Waals surface area contributed by atoms with Gasteiger partial charge in [0.15, 0.2) is 0 Å². The molecular formula is C11H12BrNO3S. The Morgan fingerprint density at radius 2 is 1.94 bits per heavy atom. The highest BCUT2D eigenvalue weighted by molar-refractivity contribution is 9.10. The van der Waals surface area contributed by atoms with Crippen molar-refractivity contribution in [3.05, 3.63) is 45.8 Å². The van der Waals surface area contributed by atoms with Crippen molar-refractivity contribution < 1.29 is 13.5 Å². The van der Waals surface area contributed by atoms with Crippen LogP contribution in [0, 0.1) is 0 Å². The van der Waals surface area contributed by atoms with Crippen molar-refractivity contribution in [1.29, 1.82) is 0 Å². The van der Waals surface area contributed by atoms with Gasteiger partial charge >= 0.3 is 0 Å². The average Bonchev–Trinajstić information content (AvgIpc) is 2.58. The van der Waals surface area contributed by atoms with Crippen molar-refractivity contribution in [2.45, 2.75) is 12.6 Å². The first-order valence-corrected chi connectivity index (χ1v) is 7.38. The van der Waals surface area contributed by atoms with E-state index >= 15 is 0 Å². The fourth-order valence-electron chi connectivity index (χ4n) is 1.68. The molecule has 0 bridgehead atoms. The SMILES string of the molecule is O=S1(=O)C=C[C@@H](CO)N1Cc1ccc(Br)cc1. The van der Waals surface area contributed by atoms with E-state index in [1.807, 2.05) is 24.3 Å². The van der Waals surface area contributed by atoms with Crippen LogP contribution in [0.25, 0.3) is 0 Å². The maximum atomic E-state index is 11.7. The van der Waals surface area contributed by atoms with Gasteiger partial charge in [-0.25, -0.2) is 8.42 Å². The molecule has 0 spiro atoms. The number of nitrogens with zero attached hydrogens (tertiary/aromatic N) is 1. The van der Waals surface area contributed by atoms with Gasteiger partial charge in [0.05, 0.1) is 12.6 Å². The topological polar surface area (TPSA) is 57.6 Å². The molecule has 4 nitrogen and oxygen atoms in total. The van der Waals surface area contributed by atoms with Crippen molar-refractivity contribution in [2.75, 3.05) is 6.61 Å². The molecule has 2 rings (SSSR count). The van der Waals surface area contributed by atoms with E-state index in [1.165, 1.54) is 10.4 Å². The molecule has 1 aromatic carbocycles. The van der Waals surface area contributed by atoms with Gasteiger partial charge in [0, 0.05) is 16.4 Å². The molecule has 0 aliphatic carbocycles. The Bertz CT molecular complexity index is 524. The normalized spacial score (nSPS) is 23.1. The quantitative estimate of drug-likeness (QED) is 0.918. The summed E-state index contributed by atoms with van der Waals surface area (Å²) in [6, 6.07) is 6.97. The minimum Gasteiger partial charge on any atom is -0.394 e. The van der Waals surface area contributed by atoms with Crippen LogP contribution < -0.4 is 0 Å². The highest BCUT2D eigenvalue weighted by Gasteiger charge is 2.31. The molecule has 1 heterocycles. The van der Waals surface area contributed by atoms with E-state index in [0.717, 1.165) is 15.4 Å². The van der Waals surface area contributed by atoms with Gasteiger partial charge in [0.25, 0.3) is 0 Å².